The molecule has 8 heteroatoms. The van der Waals surface area contributed by atoms with Crippen LogP contribution in [0.4, 0.5) is 5.82 Å². The Bertz CT molecular complexity index is 712. The Labute approximate surface area is 123 Å². The zero-order valence-electron chi connectivity index (χ0n) is 10.7. The molecule has 21 heavy (non-hydrogen) atoms. The van der Waals surface area contributed by atoms with Crippen LogP contribution < -0.4 is 5.32 Å². The summed E-state index contributed by atoms with van der Waals surface area (Å²) in [6, 6.07) is 8.73. The van der Waals surface area contributed by atoms with Gasteiger partial charge in [-0.2, -0.15) is 0 Å². The number of nitrogens with one attached hydrogen (secondary N) is 1. The van der Waals surface area contributed by atoms with Crippen LogP contribution in [0.15, 0.2) is 56.8 Å². The number of carbonyl (C=O) groups is 1. The number of carbonyl (C=O) groups excluding carboxylic acids is 1. The average Bonchev–Trinajstić information content (AvgIpc) is 3.17. The van der Waals surface area contributed by atoms with Gasteiger partial charge in [0.25, 0.3) is 11.1 Å². The van der Waals surface area contributed by atoms with E-state index in [9.17, 15) is 4.79 Å². The molecule has 3 rings (SSSR count). The molecule has 0 saturated carbocycles. The second-order valence-electron chi connectivity index (χ2n) is 3.90. The first-order chi connectivity index (χ1) is 10.3. The Morgan fingerprint density at radius 1 is 1.24 bits per heavy atom. The van der Waals surface area contributed by atoms with Gasteiger partial charge in [0.05, 0.1) is 12.0 Å². The van der Waals surface area contributed by atoms with Gasteiger partial charge in [-0.05, 0) is 24.3 Å². The van der Waals surface area contributed by atoms with E-state index in [-0.39, 0.29) is 17.6 Å². The largest absolute Gasteiger partial charge is 0.459 e. The molecular weight excluding hydrogens is 292 g/mol. The van der Waals surface area contributed by atoms with Gasteiger partial charge in [0.2, 0.25) is 5.91 Å². The van der Waals surface area contributed by atoms with Gasteiger partial charge in [0, 0.05) is 6.20 Å². The van der Waals surface area contributed by atoms with E-state index >= 15 is 0 Å². The summed E-state index contributed by atoms with van der Waals surface area (Å²) in [6.07, 6.45) is 3.13. The first-order valence-corrected chi connectivity index (χ1v) is 7.01. The predicted octanol–water partition coefficient (Wildman–Crippen LogP) is 2.46. The first-order valence-electron chi connectivity index (χ1n) is 6.02. The summed E-state index contributed by atoms with van der Waals surface area (Å²) in [6.45, 7) is 0. The lowest BCUT2D eigenvalue weighted by molar-refractivity contribution is -0.113. The second kappa shape index (κ2) is 6.23. The number of hydrogen-bond donors (Lipinski definition) is 1. The monoisotopic (exact) mass is 302 g/mol. The molecule has 0 atom stereocenters. The van der Waals surface area contributed by atoms with Crippen molar-refractivity contribution in [2.24, 2.45) is 0 Å². The van der Waals surface area contributed by atoms with Crippen LogP contribution in [0.2, 0.25) is 0 Å². The van der Waals surface area contributed by atoms with E-state index in [0.29, 0.717) is 16.8 Å². The summed E-state index contributed by atoms with van der Waals surface area (Å²) in [5, 5.41) is 10.7. The van der Waals surface area contributed by atoms with Crippen LogP contribution >= 0.6 is 11.8 Å². The zero-order chi connectivity index (χ0) is 14.5. The molecule has 3 aromatic rings. The molecule has 0 aliphatic heterocycles. The number of thioether (sulfide) groups is 1. The Kier molecular flexibility index (Phi) is 3.97. The molecule has 7 nitrogen and oxygen atoms in total. The van der Waals surface area contributed by atoms with Gasteiger partial charge in [-0.25, -0.2) is 4.98 Å². The third-order valence-corrected chi connectivity index (χ3v) is 3.22. The third kappa shape index (κ3) is 3.48. The lowest BCUT2D eigenvalue weighted by Crippen LogP contribution is -2.14. The zero-order valence-corrected chi connectivity index (χ0v) is 11.5. The van der Waals surface area contributed by atoms with Crippen molar-refractivity contribution in [3.05, 3.63) is 42.8 Å². The summed E-state index contributed by atoms with van der Waals surface area (Å²) in [5.74, 6) is 1.23. The fourth-order valence-corrected chi connectivity index (χ4v) is 2.07. The van der Waals surface area contributed by atoms with Crippen molar-refractivity contribution in [3.8, 4) is 11.7 Å². The SMILES string of the molecule is O=C(CSc1nnc(-c2ccco2)o1)Nc1ccccn1. The molecule has 0 bridgehead atoms. The van der Waals surface area contributed by atoms with Crippen LogP contribution in [0, 0.1) is 0 Å². The van der Waals surface area contributed by atoms with Crippen molar-refractivity contribution < 1.29 is 13.6 Å². The second-order valence-corrected chi connectivity index (χ2v) is 4.83. The van der Waals surface area contributed by atoms with Gasteiger partial charge in [-0.1, -0.05) is 17.8 Å². The lowest BCUT2D eigenvalue weighted by Gasteiger charge is -2.01. The molecular formula is C13H10N4O3S. The smallest absolute Gasteiger partial charge is 0.284 e. The highest BCUT2D eigenvalue weighted by Gasteiger charge is 2.12. The highest BCUT2D eigenvalue weighted by atomic mass is 32.2. The van der Waals surface area contributed by atoms with Crippen LogP contribution in [0.3, 0.4) is 0 Å². The number of hydrogen-bond acceptors (Lipinski definition) is 7. The Morgan fingerprint density at radius 2 is 2.19 bits per heavy atom. The van der Waals surface area contributed by atoms with Gasteiger partial charge >= 0.3 is 0 Å². The maximum Gasteiger partial charge on any atom is 0.284 e. The molecule has 1 amide bonds. The summed E-state index contributed by atoms with van der Waals surface area (Å²) < 4.78 is 10.5. The lowest BCUT2D eigenvalue weighted by atomic mass is 10.4. The fraction of sp³-hybridized carbons (Fsp3) is 0.0769. The number of pyridine rings is 1. The topological polar surface area (TPSA) is 94.0 Å². The van der Waals surface area contributed by atoms with E-state index in [1.807, 2.05) is 0 Å². The number of furan rings is 1. The highest BCUT2D eigenvalue weighted by molar-refractivity contribution is 7.99. The minimum Gasteiger partial charge on any atom is -0.459 e. The molecule has 0 unspecified atom stereocenters. The molecule has 106 valence electrons. The molecule has 0 aliphatic carbocycles. The number of aromatic nitrogens is 3. The van der Waals surface area contributed by atoms with E-state index in [1.54, 1.807) is 36.5 Å². The standard InChI is InChI=1S/C13H10N4O3S/c18-11(15-10-5-1-2-6-14-10)8-21-13-17-16-12(20-13)9-4-3-7-19-9/h1-7H,8H2,(H,14,15,18). The maximum absolute atomic E-state index is 11.7. The quantitative estimate of drug-likeness (QED) is 0.723. The minimum atomic E-state index is -0.198. The highest BCUT2D eigenvalue weighted by Crippen LogP contribution is 2.23. The van der Waals surface area contributed by atoms with Gasteiger partial charge in [0.15, 0.2) is 5.76 Å². The molecule has 0 fully saturated rings. The van der Waals surface area contributed by atoms with Crippen molar-refractivity contribution in [2.75, 3.05) is 11.1 Å². The average molecular weight is 302 g/mol. The normalized spacial score (nSPS) is 10.5. The number of amides is 1. The van der Waals surface area contributed by atoms with Gasteiger partial charge in [-0.15, -0.1) is 10.2 Å². The summed E-state index contributed by atoms with van der Waals surface area (Å²) in [4.78, 5) is 15.7. The molecule has 3 aromatic heterocycles. The summed E-state index contributed by atoms with van der Waals surface area (Å²) >= 11 is 1.14. The van der Waals surface area contributed by atoms with Gasteiger partial charge in [0.1, 0.15) is 5.82 Å². The number of rotatable bonds is 5. The molecule has 3 heterocycles. The van der Waals surface area contributed by atoms with Crippen LogP contribution in [-0.2, 0) is 4.79 Å². The van der Waals surface area contributed by atoms with Crippen molar-refractivity contribution in [1.29, 1.82) is 0 Å². The predicted molar refractivity (Wildman–Crippen MR) is 75.6 cm³/mol. The fourth-order valence-electron chi connectivity index (χ4n) is 1.51. The van der Waals surface area contributed by atoms with E-state index < -0.39 is 0 Å². The molecule has 0 aromatic carbocycles. The van der Waals surface area contributed by atoms with Gasteiger partial charge in [-0.3, -0.25) is 4.79 Å². The van der Waals surface area contributed by atoms with Crippen LogP contribution in [-0.4, -0.2) is 26.8 Å². The van der Waals surface area contributed by atoms with E-state index in [4.69, 9.17) is 8.83 Å². The Hall–Kier alpha value is -2.61. The van der Waals surface area contributed by atoms with E-state index in [2.05, 4.69) is 20.5 Å². The molecule has 1 N–H and O–H groups in total. The third-order valence-electron chi connectivity index (χ3n) is 2.40. The first kappa shape index (κ1) is 13.4. The van der Waals surface area contributed by atoms with Crippen molar-refractivity contribution >= 4 is 23.5 Å². The van der Waals surface area contributed by atoms with Crippen molar-refractivity contribution in [1.82, 2.24) is 15.2 Å². The molecule has 0 spiro atoms. The van der Waals surface area contributed by atoms with Crippen LogP contribution in [0.25, 0.3) is 11.7 Å². The molecule has 0 aliphatic rings. The Morgan fingerprint density at radius 3 is 2.95 bits per heavy atom. The van der Waals surface area contributed by atoms with Crippen molar-refractivity contribution in [2.45, 2.75) is 5.22 Å². The maximum atomic E-state index is 11.7. The van der Waals surface area contributed by atoms with Crippen LogP contribution in [0.1, 0.15) is 0 Å². The summed E-state index contributed by atoms with van der Waals surface area (Å²) in [7, 11) is 0. The number of anilines is 1. The molecule has 0 saturated heterocycles. The van der Waals surface area contributed by atoms with Crippen LogP contribution in [0.5, 0.6) is 0 Å². The molecule has 0 radical (unpaired) electrons. The summed E-state index contributed by atoms with van der Waals surface area (Å²) in [5.41, 5.74) is 0. The Balaban J connectivity index is 1.54. The minimum absolute atomic E-state index is 0.149. The van der Waals surface area contributed by atoms with E-state index in [1.165, 1.54) is 6.26 Å². The van der Waals surface area contributed by atoms with Gasteiger partial charge < -0.3 is 14.2 Å². The number of nitrogens with zero attached hydrogens (tertiary/aromatic N) is 3. The van der Waals surface area contributed by atoms with E-state index in [0.717, 1.165) is 11.8 Å². The van der Waals surface area contributed by atoms with Crippen molar-refractivity contribution in [3.63, 3.8) is 0 Å².